The first-order valence-electron chi connectivity index (χ1n) is 7.10. The lowest BCUT2D eigenvalue weighted by Crippen LogP contribution is -2.30. The van der Waals surface area contributed by atoms with Crippen molar-refractivity contribution >= 4 is 28.5 Å². The molecular weight excluding hydrogens is 337 g/mol. The molecule has 0 saturated carbocycles. The monoisotopic (exact) mass is 346 g/mol. The molecule has 10 heteroatoms. The van der Waals surface area contributed by atoms with Gasteiger partial charge in [-0.15, -0.1) is 5.10 Å². The van der Waals surface area contributed by atoms with Crippen molar-refractivity contribution in [2.24, 2.45) is 0 Å². The average molecular weight is 346 g/mol. The van der Waals surface area contributed by atoms with E-state index in [9.17, 15) is 18.0 Å². The van der Waals surface area contributed by atoms with Gasteiger partial charge in [-0.3, -0.25) is 14.7 Å². The van der Waals surface area contributed by atoms with Crippen LogP contribution in [0, 0.1) is 0 Å². The van der Waals surface area contributed by atoms with Crippen molar-refractivity contribution in [3.05, 3.63) is 48.8 Å². The highest BCUT2D eigenvalue weighted by Gasteiger charge is 2.39. The van der Waals surface area contributed by atoms with Crippen molar-refractivity contribution in [2.75, 3.05) is 5.32 Å². The number of hydrogen-bond acceptors (Lipinski definition) is 4. The molecule has 0 unspecified atom stereocenters. The molecule has 1 N–H and O–H groups in total. The van der Waals surface area contributed by atoms with Gasteiger partial charge in [0, 0.05) is 0 Å². The van der Waals surface area contributed by atoms with Crippen molar-refractivity contribution in [1.29, 1.82) is 0 Å². The quantitative estimate of drug-likeness (QED) is 0.605. The lowest BCUT2D eigenvalue weighted by Gasteiger charge is -2.06. The molecule has 3 aromatic heterocycles. The van der Waals surface area contributed by atoms with E-state index in [0.717, 1.165) is 11.0 Å². The van der Waals surface area contributed by atoms with Gasteiger partial charge in [0.25, 0.3) is 0 Å². The third kappa shape index (κ3) is 2.57. The Balaban J connectivity index is 1.82. The van der Waals surface area contributed by atoms with Gasteiger partial charge in [0.2, 0.25) is 5.95 Å². The van der Waals surface area contributed by atoms with Gasteiger partial charge in [0.05, 0.1) is 11.0 Å². The Bertz CT molecular complexity index is 1100. The Hall–Kier alpha value is -3.43. The minimum absolute atomic E-state index is 0.285. The van der Waals surface area contributed by atoms with E-state index < -0.39 is 18.0 Å². The Kier molecular flexibility index (Phi) is 3.20. The number of aromatic nitrogens is 5. The number of imidazole rings is 1. The number of rotatable bonds is 2. The fourth-order valence-electron chi connectivity index (χ4n) is 2.44. The number of carbonyl (C=O) groups excluding carboxylic acids is 1. The van der Waals surface area contributed by atoms with Crippen molar-refractivity contribution in [3.8, 4) is 5.82 Å². The van der Waals surface area contributed by atoms with Crippen molar-refractivity contribution in [2.45, 2.75) is 6.18 Å². The Morgan fingerprint density at radius 1 is 1.08 bits per heavy atom. The summed E-state index contributed by atoms with van der Waals surface area (Å²) in [6.07, 6.45) is -3.43. The Morgan fingerprint density at radius 3 is 2.68 bits per heavy atom. The minimum Gasteiger partial charge on any atom is -0.285 e. The first-order chi connectivity index (χ1) is 11.9. The first kappa shape index (κ1) is 15.1. The highest BCUT2D eigenvalue weighted by atomic mass is 19.4. The van der Waals surface area contributed by atoms with E-state index in [4.69, 9.17) is 0 Å². The molecule has 0 aliphatic carbocycles. The third-order valence-electron chi connectivity index (χ3n) is 3.52. The molecule has 0 spiro atoms. The number of hydrogen-bond donors (Lipinski definition) is 1. The normalized spacial score (nSPS) is 12.0. The van der Waals surface area contributed by atoms with Crippen molar-refractivity contribution < 1.29 is 18.0 Å². The molecule has 4 rings (SSSR count). The second-order valence-corrected chi connectivity index (χ2v) is 5.14. The number of alkyl halides is 3. The van der Waals surface area contributed by atoms with E-state index in [1.54, 1.807) is 34.4 Å². The molecule has 25 heavy (non-hydrogen) atoms. The molecule has 0 bridgehead atoms. The molecule has 0 saturated heterocycles. The van der Waals surface area contributed by atoms with E-state index in [-0.39, 0.29) is 5.65 Å². The summed E-state index contributed by atoms with van der Waals surface area (Å²) in [5.74, 6) is -2.04. The van der Waals surface area contributed by atoms with Gasteiger partial charge in [-0.25, -0.2) is 4.98 Å². The molecule has 0 radical (unpaired) electrons. The predicted molar refractivity (Wildman–Crippen MR) is 82.3 cm³/mol. The van der Waals surface area contributed by atoms with Gasteiger partial charge in [0.1, 0.15) is 12.1 Å². The zero-order chi connectivity index (χ0) is 17.6. The van der Waals surface area contributed by atoms with Crippen LogP contribution in [0.2, 0.25) is 0 Å². The summed E-state index contributed by atoms with van der Waals surface area (Å²) in [7, 11) is 0. The number of pyridine rings is 1. The van der Waals surface area contributed by atoms with E-state index in [1.807, 2.05) is 24.3 Å². The van der Waals surface area contributed by atoms with Gasteiger partial charge >= 0.3 is 12.1 Å². The molecule has 3 heterocycles. The molecular formula is C15H9F3N6O. The first-order valence-corrected chi connectivity index (χ1v) is 7.10. The van der Waals surface area contributed by atoms with Crippen LogP contribution in [0.1, 0.15) is 0 Å². The molecule has 1 aromatic carbocycles. The summed E-state index contributed by atoms with van der Waals surface area (Å²) in [4.78, 5) is 19.2. The standard InChI is InChI=1S/C15H9F3N6O/c16-15(17,18)13(25)21-14-20-11-6-3-7-12(24(11)22-14)23-8-19-9-4-1-2-5-10(9)23/h1-8H,(H,21,22,25). The third-order valence-corrected chi connectivity index (χ3v) is 3.52. The van der Waals surface area contributed by atoms with Crippen LogP contribution in [-0.2, 0) is 4.79 Å². The van der Waals surface area contributed by atoms with Crippen LogP contribution in [0.15, 0.2) is 48.8 Å². The average Bonchev–Trinajstić information content (AvgIpc) is 3.16. The molecule has 0 aliphatic rings. The van der Waals surface area contributed by atoms with Gasteiger partial charge in [-0.2, -0.15) is 22.7 Å². The lowest BCUT2D eigenvalue weighted by atomic mass is 10.3. The maximum Gasteiger partial charge on any atom is 0.471 e. The SMILES string of the molecule is O=C(Nc1nc2cccc(-n3cnc4ccccc43)n2n1)C(F)(F)F. The number of para-hydroxylation sites is 2. The maximum atomic E-state index is 12.4. The number of nitrogens with zero attached hydrogens (tertiary/aromatic N) is 5. The summed E-state index contributed by atoms with van der Waals surface area (Å²) in [6, 6.07) is 12.3. The lowest BCUT2D eigenvalue weighted by molar-refractivity contribution is -0.167. The van der Waals surface area contributed by atoms with Crippen LogP contribution in [0.25, 0.3) is 22.5 Å². The number of anilines is 1. The van der Waals surface area contributed by atoms with Crippen LogP contribution < -0.4 is 5.32 Å². The molecule has 126 valence electrons. The minimum atomic E-state index is -5.01. The topological polar surface area (TPSA) is 77.1 Å². The second kappa shape index (κ2) is 5.30. The molecule has 0 aliphatic heterocycles. The fourth-order valence-corrected chi connectivity index (χ4v) is 2.44. The van der Waals surface area contributed by atoms with E-state index in [2.05, 4.69) is 15.1 Å². The largest absolute Gasteiger partial charge is 0.471 e. The zero-order valence-corrected chi connectivity index (χ0v) is 12.4. The number of nitrogens with one attached hydrogen (secondary N) is 1. The number of halogens is 3. The summed E-state index contributed by atoms with van der Waals surface area (Å²) < 4.78 is 40.2. The Labute approximate surface area is 137 Å². The molecule has 0 atom stereocenters. The number of fused-ring (bicyclic) bond motifs is 2. The maximum absolute atomic E-state index is 12.4. The summed E-state index contributed by atoms with van der Waals surface area (Å²) in [5.41, 5.74) is 1.84. The fraction of sp³-hybridized carbons (Fsp3) is 0.0667. The molecule has 4 aromatic rings. The second-order valence-electron chi connectivity index (χ2n) is 5.14. The van der Waals surface area contributed by atoms with Crippen molar-refractivity contribution in [1.82, 2.24) is 24.1 Å². The van der Waals surface area contributed by atoms with Gasteiger partial charge < -0.3 is 0 Å². The molecule has 1 amide bonds. The van der Waals surface area contributed by atoms with Crippen LogP contribution in [-0.4, -0.2) is 36.2 Å². The molecule has 0 fully saturated rings. The summed E-state index contributed by atoms with van der Waals surface area (Å²) in [5, 5.41) is 5.60. The van der Waals surface area contributed by atoms with Crippen LogP contribution in [0.5, 0.6) is 0 Å². The highest BCUT2D eigenvalue weighted by Crippen LogP contribution is 2.20. The smallest absolute Gasteiger partial charge is 0.285 e. The number of benzene rings is 1. The highest BCUT2D eigenvalue weighted by molar-refractivity contribution is 5.93. The van der Waals surface area contributed by atoms with E-state index in [0.29, 0.717) is 5.82 Å². The summed E-state index contributed by atoms with van der Waals surface area (Å²) >= 11 is 0. The van der Waals surface area contributed by atoms with Crippen LogP contribution >= 0.6 is 0 Å². The van der Waals surface area contributed by atoms with E-state index in [1.165, 1.54) is 4.52 Å². The number of carbonyl (C=O) groups is 1. The van der Waals surface area contributed by atoms with Gasteiger partial charge in [0.15, 0.2) is 5.65 Å². The predicted octanol–water partition coefficient (Wildman–Crippen LogP) is 2.57. The van der Waals surface area contributed by atoms with Crippen LogP contribution in [0.4, 0.5) is 19.1 Å². The van der Waals surface area contributed by atoms with Gasteiger partial charge in [-0.05, 0) is 24.3 Å². The van der Waals surface area contributed by atoms with Gasteiger partial charge in [-0.1, -0.05) is 18.2 Å². The molecule has 7 nitrogen and oxygen atoms in total. The van der Waals surface area contributed by atoms with Crippen LogP contribution in [0.3, 0.4) is 0 Å². The van der Waals surface area contributed by atoms with Crippen molar-refractivity contribution in [3.63, 3.8) is 0 Å². The zero-order valence-electron chi connectivity index (χ0n) is 12.4. The number of amides is 1. The van der Waals surface area contributed by atoms with E-state index >= 15 is 0 Å². The Morgan fingerprint density at radius 2 is 1.88 bits per heavy atom. The summed E-state index contributed by atoms with van der Waals surface area (Å²) in [6.45, 7) is 0.